The predicted molar refractivity (Wildman–Crippen MR) is 82.7 cm³/mol. The highest BCUT2D eigenvalue weighted by molar-refractivity contribution is 6.33. The lowest BCUT2D eigenvalue weighted by Crippen LogP contribution is -2.20. The summed E-state index contributed by atoms with van der Waals surface area (Å²) in [5, 5.41) is 0.662. The van der Waals surface area contributed by atoms with E-state index in [-0.39, 0.29) is 5.82 Å². The highest BCUT2D eigenvalue weighted by atomic mass is 35.5. The predicted octanol–water partition coefficient (Wildman–Crippen LogP) is 3.62. The first-order chi connectivity index (χ1) is 9.63. The smallest absolute Gasteiger partial charge is 0.128 e. The zero-order chi connectivity index (χ0) is 14.5. The van der Waals surface area contributed by atoms with Gasteiger partial charge in [0.25, 0.3) is 0 Å². The first-order valence-electron chi connectivity index (χ1n) is 6.55. The molecule has 0 aliphatic carbocycles. The second-order valence-electron chi connectivity index (χ2n) is 4.73. The van der Waals surface area contributed by atoms with Crippen molar-refractivity contribution in [2.24, 2.45) is 5.73 Å². The van der Waals surface area contributed by atoms with Crippen LogP contribution in [0.5, 0.6) is 0 Å². The van der Waals surface area contributed by atoms with Crippen molar-refractivity contribution >= 4 is 17.3 Å². The van der Waals surface area contributed by atoms with Crippen LogP contribution < -0.4 is 10.6 Å². The van der Waals surface area contributed by atoms with Crippen LogP contribution in [0.4, 0.5) is 10.1 Å². The molecule has 0 saturated heterocycles. The third-order valence-electron chi connectivity index (χ3n) is 3.23. The molecule has 0 unspecified atom stereocenters. The molecule has 2 aromatic rings. The summed E-state index contributed by atoms with van der Waals surface area (Å²) in [5.74, 6) is -0.202. The maximum Gasteiger partial charge on any atom is 0.128 e. The lowest BCUT2D eigenvalue weighted by atomic mass is 10.1. The Bertz CT molecular complexity index is 586. The van der Waals surface area contributed by atoms with E-state index < -0.39 is 0 Å². The summed E-state index contributed by atoms with van der Waals surface area (Å²) < 4.78 is 13.7. The quantitative estimate of drug-likeness (QED) is 0.912. The van der Waals surface area contributed by atoms with Gasteiger partial charge in [0.15, 0.2) is 0 Å². The van der Waals surface area contributed by atoms with Crippen molar-refractivity contribution in [3.63, 3.8) is 0 Å². The van der Waals surface area contributed by atoms with Crippen molar-refractivity contribution in [2.45, 2.75) is 13.0 Å². The van der Waals surface area contributed by atoms with Gasteiger partial charge in [0.2, 0.25) is 0 Å². The molecule has 20 heavy (non-hydrogen) atoms. The number of rotatable bonds is 5. The third-order valence-corrected chi connectivity index (χ3v) is 3.54. The second-order valence-corrected chi connectivity index (χ2v) is 5.14. The molecule has 2 N–H and O–H groups in total. The molecular formula is C16H18ClFN2. The zero-order valence-electron chi connectivity index (χ0n) is 11.4. The molecule has 0 saturated carbocycles. The fourth-order valence-corrected chi connectivity index (χ4v) is 2.64. The Kier molecular flexibility index (Phi) is 4.99. The lowest BCUT2D eigenvalue weighted by molar-refractivity contribution is 0.608. The van der Waals surface area contributed by atoms with Crippen molar-refractivity contribution in [3.05, 3.63) is 64.4 Å². The minimum Gasteiger partial charge on any atom is -0.369 e. The topological polar surface area (TPSA) is 29.3 Å². The van der Waals surface area contributed by atoms with Crippen LogP contribution in [0.2, 0.25) is 5.02 Å². The van der Waals surface area contributed by atoms with E-state index in [9.17, 15) is 4.39 Å². The standard InChI is InChI=1S/C16H18ClFN2/c1-20(11-13-5-2-3-8-15(13)18)16-12(9-10-19)6-4-7-14(16)17/h2-8H,9-11,19H2,1H3. The summed E-state index contributed by atoms with van der Waals surface area (Å²) in [6.45, 7) is 1.02. The average Bonchev–Trinajstić information content (AvgIpc) is 2.42. The molecule has 0 aliphatic rings. The number of para-hydroxylation sites is 1. The van der Waals surface area contributed by atoms with Crippen LogP contribution in [0.25, 0.3) is 0 Å². The van der Waals surface area contributed by atoms with E-state index in [1.807, 2.05) is 36.2 Å². The SMILES string of the molecule is CN(Cc1ccccc1F)c1c(Cl)cccc1CCN. The van der Waals surface area contributed by atoms with Gasteiger partial charge in [-0.05, 0) is 30.7 Å². The van der Waals surface area contributed by atoms with Crippen LogP contribution in [0.3, 0.4) is 0 Å². The Morgan fingerprint density at radius 2 is 1.80 bits per heavy atom. The molecule has 0 bridgehead atoms. The monoisotopic (exact) mass is 292 g/mol. The van der Waals surface area contributed by atoms with Gasteiger partial charge >= 0.3 is 0 Å². The van der Waals surface area contributed by atoms with Gasteiger partial charge in [0.05, 0.1) is 10.7 Å². The molecule has 0 atom stereocenters. The molecule has 0 radical (unpaired) electrons. The highest BCUT2D eigenvalue weighted by Gasteiger charge is 2.13. The molecule has 0 aliphatic heterocycles. The Hall–Kier alpha value is -1.58. The van der Waals surface area contributed by atoms with Crippen LogP contribution in [-0.2, 0) is 13.0 Å². The normalized spacial score (nSPS) is 10.6. The van der Waals surface area contributed by atoms with Crippen LogP contribution in [0, 0.1) is 5.82 Å². The van der Waals surface area contributed by atoms with Gasteiger partial charge in [-0.25, -0.2) is 4.39 Å². The molecule has 4 heteroatoms. The first-order valence-corrected chi connectivity index (χ1v) is 6.93. The van der Waals surface area contributed by atoms with Crippen LogP contribution >= 0.6 is 11.6 Å². The molecule has 0 fully saturated rings. The molecule has 2 aromatic carbocycles. The Balaban J connectivity index is 2.29. The molecule has 106 valence electrons. The number of nitrogens with two attached hydrogens (primary N) is 1. The molecule has 0 spiro atoms. The summed E-state index contributed by atoms with van der Waals surface area (Å²) in [6, 6.07) is 12.5. The van der Waals surface area contributed by atoms with E-state index in [1.165, 1.54) is 6.07 Å². The summed E-state index contributed by atoms with van der Waals surface area (Å²) in [4.78, 5) is 1.96. The minimum absolute atomic E-state index is 0.202. The van der Waals surface area contributed by atoms with Crippen molar-refractivity contribution in [3.8, 4) is 0 Å². The summed E-state index contributed by atoms with van der Waals surface area (Å²) in [5.41, 5.74) is 8.28. The molecule has 2 rings (SSSR count). The number of anilines is 1. The largest absolute Gasteiger partial charge is 0.369 e. The van der Waals surface area contributed by atoms with Crippen LogP contribution in [-0.4, -0.2) is 13.6 Å². The van der Waals surface area contributed by atoms with Crippen LogP contribution in [0.1, 0.15) is 11.1 Å². The number of nitrogens with zero attached hydrogens (tertiary/aromatic N) is 1. The number of hydrogen-bond donors (Lipinski definition) is 1. The lowest BCUT2D eigenvalue weighted by Gasteiger charge is -2.24. The van der Waals surface area contributed by atoms with Gasteiger partial charge in [-0.15, -0.1) is 0 Å². The highest BCUT2D eigenvalue weighted by Crippen LogP contribution is 2.30. The van der Waals surface area contributed by atoms with Gasteiger partial charge in [0, 0.05) is 19.2 Å². The van der Waals surface area contributed by atoms with Crippen molar-refractivity contribution in [1.82, 2.24) is 0 Å². The fourth-order valence-electron chi connectivity index (χ4n) is 2.31. The third kappa shape index (κ3) is 3.30. The molecule has 2 nitrogen and oxygen atoms in total. The van der Waals surface area contributed by atoms with Gasteiger partial charge in [0.1, 0.15) is 5.82 Å². The zero-order valence-corrected chi connectivity index (χ0v) is 12.2. The maximum absolute atomic E-state index is 13.7. The summed E-state index contributed by atoms with van der Waals surface area (Å²) in [7, 11) is 1.91. The van der Waals surface area contributed by atoms with Gasteiger partial charge < -0.3 is 10.6 Å². The molecule has 0 amide bonds. The van der Waals surface area contributed by atoms with E-state index in [0.717, 1.165) is 17.7 Å². The van der Waals surface area contributed by atoms with Crippen molar-refractivity contribution in [2.75, 3.05) is 18.5 Å². The van der Waals surface area contributed by atoms with Gasteiger partial charge in [-0.1, -0.05) is 41.9 Å². The van der Waals surface area contributed by atoms with E-state index in [2.05, 4.69) is 0 Å². The van der Waals surface area contributed by atoms with Gasteiger partial charge in [-0.3, -0.25) is 0 Å². The van der Waals surface area contributed by atoms with Crippen molar-refractivity contribution in [1.29, 1.82) is 0 Å². The Labute approximate surface area is 124 Å². The Morgan fingerprint density at radius 3 is 2.50 bits per heavy atom. The molecule has 0 aromatic heterocycles. The Morgan fingerprint density at radius 1 is 1.10 bits per heavy atom. The van der Waals surface area contributed by atoms with Crippen LogP contribution in [0.15, 0.2) is 42.5 Å². The van der Waals surface area contributed by atoms with E-state index in [0.29, 0.717) is 23.7 Å². The molecular weight excluding hydrogens is 275 g/mol. The maximum atomic E-state index is 13.7. The first kappa shape index (κ1) is 14.8. The second kappa shape index (κ2) is 6.73. The summed E-state index contributed by atoms with van der Waals surface area (Å²) in [6.07, 6.45) is 0.748. The molecule has 0 heterocycles. The average molecular weight is 293 g/mol. The van der Waals surface area contributed by atoms with E-state index in [4.69, 9.17) is 17.3 Å². The van der Waals surface area contributed by atoms with E-state index in [1.54, 1.807) is 12.1 Å². The van der Waals surface area contributed by atoms with Crippen molar-refractivity contribution < 1.29 is 4.39 Å². The number of benzene rings is 2. The number of hydrogen-bond acceptors (Lipinski definition) is 2. The van der Waals surface area contributed by atoms with Gasteiger partial charge in [-0.2, -0.15) is 0 Å². The fraction of sp³-hybridized carbons (Fsp3) is 0.250. The van der Waals surface area contributed by atoms with E-state index >= 15 is 0 Å². The number of halogens is 2. The summed E-state index contributed by atoms with van der Waals surface area (Å²) >= 11 is 6.29. The minimum atomic E-state index is -0.202.